The second-order valence-electron chi connectivity index (χ2n) is 7.06. The number of aliphatic hydroxyl groups is 2. The van der Waals surface area contributed by atoms with Crippen LogP contribution in [0.1, 0.15) is 17.7 Å². The third-order valence-electron chi connectivity index (χ3n) is 4.95. The maximum Gasteiger partial charge on any atom is 0.255 e. The Bertz CT molecular complexity index is 859. The molecule has 0 bridgehead atoms. The largest absolute Gasteiger partial charge is 0.380 e. The molecule has 0 spiro atoms. The van der Waals surface area contributed by atoms with Crippen LogP contribution < -0.4 is 10.6 Å². The van der Waals surface area contributed by atoms with Crippen LogP contribution in [0.5, 0.6) is 0 Å². The van der Waals surface area contributed by atoms with Crippen LogP contribution in [0, 0.1) is 0 Å². The molecule has 1 fully saturated rings. The van der Waals surface area contributed by atoms with E-state index < -0.39 is 30.1 Å². The van der Waals surface area contributed by atoms with Crippen LogP contribution in [-0.4, -0.2) is 64.2 Å². The summed E-state index contributed by atoms with van der Waals surface area (Å²) in [4.78, 5) is 39.7. The van der Waals surface area contributed by atoms with E-state index in [2.05, 4.69) is 10.6 Å². The molecule has 30 heavy (non-hydrogen) atoms. The smallest absolute Gasteiger partial charge is 0.255 e. The Morgan fingerprint density at radius 3 is 2.57 bits per heavy atom. The number of nitrogens with zero attached hydrogens (tertiary/aromatic N) is 1. The summed E-state index contributed by atoms with van der Waals surface area (Å²) in [5, 5.41) is 27.6. The van der Waals surface area contributed by atoms with Gasteiger partial charge in [0.15, 0.2) is 12.2 Å². The van der Waals surface area contributed by atoms with E-state index in [4.69, 9.17) is 0 Å². The number of benzene rings is 1. The van der Waals surface area contributed by atoms with Crippen LogP contribution in [0.2, 0.25) is 0 Å². The van der Waals surface area contributed by atoms with Gasteiger partial charge in [0.2, 0.25) is 5.91 Å². The normalized spacial score (nSPS) is 17.9. The second kappa shape index (κ2) is 10.3. The number of amides is 3. The van der Waals surface area contributed by atoms with Gasteiger partial charge in [-0.05, 0) is 42.8 Å². The predicted molar refractivity (Wildman–Crippen MR) is 113 cm³/mol. The van der Waals surface area contributed by atoms with Gasteiger partial charge in [0.05, 0.1) is 0 Å². The fraction of sp³-hybridized carbons (Fsp3) is 0.381. The summed E-state index contributed by atoms with van der Waals surface area (Å²) in [5.74, 6) is -2.02. The highest BCUT2D eigenvalue weighted by Gasteiger charge is 2.40. The van der Waals surface area contributed by atoms with Crippen molar-refractivity contribution in [3.8, 4) is 0 Å². The molecular weight excluding hydrogens is 406 g/mol. The predicted octanol–water partition coefficient (Wildman–Crippen LogP) is 0.758. The van der Waals surface area contributed by atoms with Crippen LogP contribution in [0.4, 0.5) is 5.69 Å². The lowest BCUT2D eigenvalue weighted by Gasteiger charge is -2.27. The van der Waals surface area contributed by atoms with E-state index in [0.717, 1.165) is 4.88 Å². The first-order valence-corrected chi connectivity index (χ1v) is 10.7. The van der Waals surface area contributed by atoms with Gasteiger partial charge in [0, 0.05) is 23.7 Å². The van der Waals surface area contributed by atoms with Crippen LogP contribution in [-0.2, 0) is 20.8 Å². The zero-order chi connectivity index (χ0) is 21.5. The number of hydrogen-bond acceptors (Lipinski definition) is 6. The molecule has 0 saturated carbocycles. The average molecular weight is 432 g/mol. The second-order valence-corrected chi connectivity index (χ2v) is 8.09. The highest BCUT2D eigenvalue weighted by molar-refractivity contribution is 7.09. The number of likely N-dealkylation sites (tertiary alicyclic amines) is 1. The fourth-order valence-corrected chi connectivity index (χ4v) is 4.08. The molecule has 0 unspecified atom stereocenters. The molecule has 1 aliphatic heterocycles. The van der Waals surface area contributed by atoms with Gasteiger partial charge in [0.25, 0.3) is 11.8 Å². The number of carbonyl (C=O) groups is 3. The zero-order valence-corrected chi connectivity index (χ0v) is 17.2. The van der Waals surface area contributed by atoms with Crippen LogP contribution in [0.15, 0.2) is 47.8 Å². The first-order chi connectivity index (χ1) is 14.5. The molecule has 2 heterocycles. The summed E-state index contributed by atoms with van der Waals surface area (Å²) in [7, 11) is 0. The molecule has 3 atom stereocenters. The van der Waals surface area contributed by atoms with E-state index >= 15 is 0 Å². The van der Waals surface area contributed by atoms with Crippen molar-refractivity contribution in [2.24, 2.45) is 0 Å². The van der Waals surface area contributed by atoms with Gasteiger partial charge in [-0.3, -0.25) is 14.4 Å². The van der Waals surface area contributed by atoms with Crippen molar-refractivity contribution in [2.45, 2.75) is 37.5 Å². The Morgan fingerprint density at radius 1 is 1.10 bits per heavy atom. The van der Waals surface area contributed by atoms with Gasteiger partial charge in [-0.15, -0.1) is 11.3 Å². The van der Waals surface area contributed by atoms with Crippen LogP contribution in [0.25, 0.3) is 0 Å². The zero-order valence-electron chi connectivity index (χ0n) is 16.4. The van der Waals surface area contributed by atoms with E-state index in [0.29, 0.717) is 24.9 Å². The van der Waals surface area contributed by atoms with E-state index in [1.807, 2.05) is 23.6 Å². The lowest BCUT2D eigenvalue weighted by atomic mass is 10.1. The molecule has 1 aliphatic rings. The van der Waals surface area contributed by atoms with Crippen molar-refractivity contribution < 1.29 is 24.6 Å². The summed E-state index contributed by atoms with van der Waals surface area (Å²) < 4.78 is 0. The fourth-order valence-electron chi connectivity index (χ4n) is 3.37. The van der Waals surface area contributed by atoms with E-state index in [-0.39, 0.29) is 19.0 Å². The maximum atomic E-state index is 12.7. The molecule has 160 valence electrons. The summed E-state index contributed by atoms with van der Waals surface area (Å²) >= 11 is 1.55. The quantitative estimate of drug-likeness (QED) is 0.492. The van der Waals surface area contributed by atoms with Gasteiger partial charge in [0.1, 0.15) is 6.04 Å². The van der Waals surface area contributed by atoms with E-state index in [9.17, 15) is 24.6 Å². The average Bonchev–Trinajstić information content (AvgIpc) is 3.45. The van der Waals surface area contributed by atoms with Crippen molar-refractivity contribution in [3.63, 3.8) is 0 Å². The van der Waals surface area contributed by atoms with Gasteiger partial charge < -0.3 is 25.7 Å². The molecule has 4 N–H and O–H groups in total. The number of rotatable bonds is 8. The monoisotopic (exact) mass is 431 g/mol. The Balaban J connectivity index is 1.53. The molecule has 0 radical (unpaired) electrons. The number of nitrogens with one attached hydrogen (secondary N) is 2. The molecule has 2 aromatic rings. The summed E-state index contributed by atoms with van der Waals surface area (Å²) in [6.45, 7) is 0.554. The summed E-state index contributed by atoms with van der Waals surface area (Å²) in [5.41, 5.74) is 0.604. The van der Waals surface area contributed by atoms with Gasteiger partial charge >= 0.3 is 0 Å². The van der Waals surface area contributed by atoms with Crippen LogP contribution >= 0.6 is 11.3 Å². The minimum Gasteiger partial charge on any atom is -0.380 e. The molecule has 3 amide bonds. The molecule has 1 aromatic heterocycles. The molecule has 9 heteroatoms. The van der Waals surface area contributed by atoms with E-state index in [1.54, 1.807) is 35.6 Å². The number of hydrogen-bond donors (Lipinski definition) is 4. The van der Waals surface area contributed by atoms with Gasteiger partial charge in [-0.1, -0.05) is 24.3 Å². The Hall–Kier alpha value is -2.75. The highest BCUT2D eigenvalue weighted by Crippen LogP contribution is 2.21. The van der Waals surface area contributed by atoms with Crippen molar-refractivity contribution >= 4 is 34.7 Å². The third kappa shape index (κ3) is 5.44. The molecule has 8 nitrogen and oxygen atoms in total. The number of thiophene rings is 1. The third-order valence-corrected chi connectivity index (χ3v) is 5.89. The van der Waals surface area contributed by atoms with Crippen molar-refractivity contribution in [1.82, 2.24) is 10.2 Å². The van der Waals surface area contributed by atoms with Crippen molar-refractivity contribution in [3.05, 3.63) is 52.7 Å². The maximum absolute atomic E-state index is 12.7. The molecule has 1 saturated heterocycles. The number of para-hydroxylation sites is 1. The first kappa shape index (κ1) is 21.9. The highest BCUT2D eigenvalue weighted by atomic mass is 32.1. The summed E-state index contributed by atoms with van der Waals surface area (Å²) in [6, 6.07) is 11.9. The number of anilines is 1. The molecular formula is C21H25N3O5S. The summed E-state index contributed by atoms with van der Waals surface area (Å²) in [6.07, 6.45) is -2.21. The van der Waals surface area contributed by atoms with E-state index in [1.165, 1.54) is 4.90 Å². The van der Waals surface area contributed by atoms with Crippen molar-refractivity contribution in [2.75, 3.05) is 18.4 Å². The Labute approximate surface area is 178 Å². The topological polar surface area (TPSA) is 119 Å². The first-order valence-electron chi connectivity index (χ1n) is 9.80. The number of aliphatic hydroxyl groups excluding tert-OH is 2. The minimum absolute atomic E-state index is 0.273. The lowest BCUT2D eigenvalue weighted by molar-refractivity contribution is -0.154. The Morgan fingerprint density at radius 2 is 1.87 bits per heavy atom. The SMILES string of the molecule is O=C(NCCc1cccs1)[C@H](O)[C@@H](O)C(=O)N1CCC[C@H]1C(=O)Nc1ccccc1. The lowest BCUT2D eigenvalue weighted by Crippen LogP contribution is -2.53. The van der Waals surface area contributed by atoms with Gasteiger partial charge in [-0.25, -0.2) is 0 Å². The minimum atomic E-state index is -1.93. The molecule has 1 aromatic carbocycles. The standard InChI is InChI=1S/C21H25N3O5S/c25-17(20(28)22-11-10-15-8-5-13-30-15)18(26)21(29)24-12-4-9-16(24)19(27)23-14-6-2-1-3-7-14/h1-3,5-8,13,16-18,25-26H,4,9-12H2,(H,22,28)(H,23,27)/t16-,17+,18+/m0/s1. The molecule has 0 aliphatic carbocycles. The van der Waals surface area contributed by atoms with Gasteiger partial charge in [-0.2, -0.15) is 0 Å². The van der Waals surface area contributed by atoms with Crippen LogP contribution in [0.3, 0.4) is 0 Å². The number of carbonyl (C=O) groups excluding carboxylic acids is 3. The van der Waals surface area contributed by atoms with Crippen molar-refractivity contribution in [1.29, 1.82) is 0 Å². The molecule has 3 rings (SSSR count). The Kier molecular flexibility index (Phi) is 7.56.